The molecule has 0 spiro atoms. The molecule has 0 radical (unpaired) electrons. The van der Waals surface area contributed by atoms with Crippen molar-refractivity contribution in [2.45, 2.75) is 38.3 Å². The molecule has 6 nitrogen and oxygen atoms in total. The summed E-state index contributed by atoms with van der Waals surface area (Å²) < 4.78 is 11.3. The molecular formula is C8H18NO5P. The van der Waals surface area contributed by atoms with Gasteiger partial charge in [-0.25, -0.2) is 0 Å². The third kappa shape index (κ3) is 3.01. The molecule has 0 fully saturated rings. The van der Waals surface area contributed by atoms with Crippen molar-refractivity contribution in [3.8, 4) is 0 Å². The third-order valence-electron chi connectivity index (χ3n) is 2.47. The lowest BCUT2D eigenvalue weighted by Crippen LogP contribution is -2.46. The second kappa shape index (κ2) is 5.61. The summed E-state index contributed by atoms with van der Waals surface area (Å²) in [5.41, 5.74) is 0. The average molecular weight is 239 g/mol. The number of carbonyl (C=O) groups excluding carboxylic acids is 1. The van der Waals surface area contributed by atoms with Gasteiger partial charge in [-0.1, -0.05) is 20.3 Å². The van der Waals surface area contributed by atoms with Crippen LogP contribution in [0.15, 0.2) is 0 Å². The van der Waals surface area contributed by atoms with Gasteiger partial charge in [0, 0.05) is 0 Å². The maximum absolute atomic E-state index is 11.6. The van der Waals surface area contributed by atoms with E-state index in [0.717, 1.165) is 0 Å². The zero-order valence-corrected chi connectivity index (χ0v) is 9.83. The van der Waals surface area contributed by atoms with Crippen LogP contribution in [0.2, 0.25) is 0 Å². The molecular weight excluding hydrogens is 221 g/mol. The zero-order chi connectivity index (χ0) is 12.1. The summed E-state index contributed by atoms with van der Waals surface area (Å²) in [5, 5.41) is 8.89. The fraction of sp³-hybridized carbons (Fsp3) is 0.875. The van der Waals surface area contributed by atoms with E-state index in [4.69, 9.17) is 5.11 Å². The first-order valence-corrected chi connectivity index (χ1v) is 6.41. The summed E-state index contributed by atoms with van der Waals surface area (Å²) in [6.45, 7) is 2.67. The van der Waals surface area contributed by atoms with Crippen LogP contribution >= 0.6 is 7.60 Å². The zero-order valence-electron chi connectivity index (χ0n) is 8.93. The Labute approximate surface area is 88.9 Å². The van der Waals surface area contributed by atoms with Crippen molar-refractivity contribution in [2.24, 2.45) is 0 Å². The molecule has 1 unspecified atom stereocenters. The highest BCUT2D eigenvalue weighted by atomic mass is 31.2. The highest BCUT2D eigenvalue weighted by Gasteiger charge is 2.50. The molecule has 90 valence electrons. The predicted molar refractivity (Wildman–Crippen MR) is 55.2 cm³/mol. The number of aliphatic hydroxyl groups is 1. The van der Waals surface area contributed by atoms with E-state index in [1.54, 1.807) is 13.8 Å². The lowest BCUT2D eigenvalue weighted by molar-refractivity contribution is -0.125. The average Bonchev–Trinajstić information content (AvgIpc) is 2.12. The van der Waals surface area contributed by atoms with Crippen molar-refractivity contribution < 1.29 is 24.3 Å². The van der Waals surface area contributed by atoms with Crippen LogP contribution in [-0.2, 0) is 9.36 Å². The van der Waals surface area contributed by atoms with Crippen molar-refractivity contribution in [2.75, 3.05) is 6.73 Å². The topological polar surface area (TPSA) is 107 Å². The minimum absolute atomic E-state index is 0.0386. The molecule has 0 saturated heterocycles. The van der Waals surface area contributed by atoms with E-state index in [9.17, 15) is 19.1 Å². The van der Waals surface area contributed by atoms with E-state index in [0.29, 0.717) is 6.42 Å². The Morgan fingerprint density at radius 2 is 1.93 bits per heavy atom. The maximum Gasteiger partial charge on any atom is 0.341 e. The molecule has 4 N–H and O–H groups in total. The van der Waals surface area contributed by atoms with Crippen molar-refractivity contribution in [3.05, 3.63) is 0 Å². The number of hydrogen-bond acceptors (Lipinski definition) is 3. The van der Waals surface area contributed by atoms with Crippen LogP contribution in [0.4, 0.5) is 0 Å². The SMILES string of the molecule is CCCC(CC)(C(=O)NCO)P(=O)(O)O. The molecule has 0 bridgehead atoms. The number of nitrogens with one attached hydrogen (secondary N) is 1. The standard InChI is InChI=1S/C8H18NO5P/c1-3-5-8(4-2,15(12,13)14)7(11)9-6-10/h10H,3-6H2,1-2H3,(H,9,11)(H2,12,13,14). The summed E-state index contributed by atoms with van der Waals surface area (Å²) in [7, 11) is -4.53. The molecule has 0 aromatic heterocycles. The third-order valence-corrected chi connectivity index (χ3v) is 4.33. The smallest absolute Gasteiger partial charge is 0.341 e. The summed E-state index contributed by atoms with van der Waals surface area (Å²) in [6.07, 6.45) is 0.619. The van der Waals surface area contributed by atoms with Gasteiger partial charge in [-0.05, 0) is 12.8 Å². The quantitative estimate of drug-likeness (QED) is 0.390. The minimum Gasteiger partial charge on any atom is -0.377 e. The van der Waals surface area contributed by atoms with Gasteiger partial charge in [-0.2, -0.15) is 0 Å². The van der Waals surface area contributed by atoms with Gasteiger partial charge in [0.15, 0.2) is 0 Å². The van der Waals surface area contributed by atoms with Crippen LogP contribution in [0, 0.1) is 0 Å². The van der Waals surface area contributed by atoms with E-state index >= 15 is 0 Å². The van der Waals surface area contributed by atoms with Gasteiger partial charge in [0.1, 0.15) is 11.9 Å². The van der Waals surface area contributed by atoms with E-state index in [-0.39, 0.29) is 12.8 Å². The summed E-state index contributed by atoms with van der Waals surface area (Å²) in [5.74, 6) is -0.789. The van der Waals surface area contributed by atoms with Crippen LogP contribution in [0.3, 0.4) is 0 Å². The molecule has 0 rings (SSSR count). The Morgan fingerprint density at radius 3 is 2.20 bits per heavy atom. The van der Waals surface area contributed by atoms with Crippen LogP contribution < -0.4 is 5.32 Å². The highest BCUT2D eigenvalue weighted by Crippen LogP contribution is 2.55. The Hall–Kier alpha value is -0.420. The number of aliphatic hydroxyl groups excluding tert-OH is 1. The van der Waals surface area contributed by atoms with Crippen molar-refractivity contribution in [1.82, 2.24) is 5.32 Å². The van der Waals surface area contributed by atoms with Crippen molar-refractivity contribution >= 4 is 13.5 Å². The Balaban J connectivity index is 5.15. The molecule has 15 heavy (non-hydrogen) atoms. The first-order chi connectivity index (χ1) is 6.85. The molecule has 0 aliphatic carbocycles. The number of amides is 1. The van der Waals surface area contributed by atoms with Crippen molar-refractivity contribution in [3.63, 3.8) is 0 Å². The maximum atomic E-state index is 11.6. The van der Waals surface area contributed by atoms with Gasteiger partial charge < -0.3 is 20.2 Å². The number of carbonyl (C=O) groups is 1. The molecule has 1 atom stereocenters. The van der Waals surface area contributed by atoms with Gasteiger partial charge in [0.2, 0.25) is 5.91 Å². The Kier molecular flexibility index (Phi) is 5.45. The number of hydrogen-bond donors (Lipinski definition) is 4. The van der Waals surface area contributed by atoms with Gasteiger partial charge in [-0.15, -0.1) is 0 Å². The summed E-state index contributed by atoms with van der Waals surface area (Å²) in [4.78, 5) is 30.0. The van der Waals surface area contributed by atoms with Gasteiger partial charge >= 0.3 is 7.60 Å². The fourth-order valence-corrected chi connectivity index (χ4v) is 2.86. The second-order valence-corrected chi connectivity index (χ2v) is 5.29. The molecule has 7 heteroatoms. The van der Waals surface area contributed by atoms with Crippen LogP contribution in [0.1, 0.15) is 33.1 Å². The lowest BCUT2D eigenvalue weighted by Gasteiger charge is -2.31. The summed E-state index contributed by atoms with van der Waals surface area (Å²) >= 11 is 0. The van der Waals surface area contributed by atoms with Gasteiger partial charge in [0.05, 0.1) is 0 Å². The van der Waals surface area contributed by atoms with E-state index < -0.39 is 25.4 Å². The minimum atomic E-state index is -4.53. The van der Waals surface area contributed by atoms with E-state index in [1.165, 1.54) is 0 Å². The second-order valence-electron chi connectivity index (χ2n) is 3.34. The summed E-state index contributed by atoms with van der Waals surface area (Å²) in [6, 6.07) is 0. The van der Waals surface area contributed by atoms with Crippen LogP contribution in [-0.4, -0.2) is 32.7 Å². The molecule has 0 aromatic rings. The van der Waals surface area contributed by atoms with Gasteiger partial charge in [0.25, 0.3) is 0 Å². The van der Waals surface area contributed by atoms with E-state index in [2.05, 4.69) is 5.32 Å². The normalized spacial score (nSPS) is 15.8. The highest BCUT2D eigenvalue weighted by molar-refractivity contribution is 7.54. The Morgan fingerprint density at radius 1 is 1.40 bits per heavy atom. The van der Waals surface area contributed by atoms with E-state index in [1.807, 2.05) is 0 Å². The van der Waals surface area contributed by atoms with Gasteiger partial charge in [-0.3, -0.25) is 9.36 Å². The molecule has 0 heterocycles. The molecule has 0 aliphatic heterocycles. The number of rotatable bonds is 6. The van der Waals surface area contributed by atoms with Crippen molar-refractivity contribution in [1.29, 1.82) is 0 Å². The molecule has 0 aliphatic rings. The molecule has 0 saturated carbocycles. The fourth-order valence-electron chi connectivity index (χ4n) is 1.58. The van der Waals surface area contributed by atoms with Crippen LogP contribution in [0.5, 0.6) is 0 Å². The first kappa shape index (κ1) is 14.6. The predicted octanol–water partition coefficient (Wildman–Crippen LogP) is 0.179. The largest absolute Gasteiger partial charge is 0.377 e. The molecule has 1 amide bonds. The Bertz CT molecular complexity index is 264. The van der Waals surface area contributed by atoms with Crippen LogP contribution in [0.25, 0.3) is 0 Å². The molecule has 0 aromatic carbocycles. The monoisotopic (exact) mass is 239 g/mol. The first-order valence-electron chi connectivity index (χ1n) is 4.80. The lowest BCUT2D eigenvalue weighted by atomic mass is 9.98.